The predicted octanol–water partition coefficient (Wildman–Crippen LogP) is 4.05. The van der Waals surface area contributed by atoms with Crippen LogP contribution in [0.3, 0.4) is 0 Å². The van der Waals surface area contributed by atoms with E-state index in [2.05, 4.69) is 22.2 Å². The van der Waals surface area contributed by atoms with Crippen molar-refractivity contribution in [2.24, 2.45) is 0 Å². The number of aromatic nitrogens is 2. The molecule has 0 spiro atoms. The maximum atomic E-state index is 6.00. The first kappa shape index (κ1) is 12.2. The van der Waals surface area contributed by atoms with Crippen molar-refractivity contribution in [1.82, 2.24) is 9.97 Å². The lowest BCUT2D eigenvalue weighted by Crippen LogP contribution is -2.04. The van der Waals surface area contributed by atoms with E-state index in [4.69, 9.17) is 11.6 Å². The molecule has 0 unspecified atom stereocenters. The smallest absolute Gasteiger partial charge is 0.225 e. The Morgan fingerprint density at radius 3 is 3.06 bits per heavy atom. The molecule has 2 aromatic heterocycles. The minimum atomic E-state index is 0.349. The molecule has 0 saturated heterocycles. The molecule has 0 radical (unpaired) electrons. The summed E-state index contributed by atoms with van der Waals surface area (Å²) < 4.78 is 0. The highest BCUT2D eigenvalue weighted by molar-refractivity contribution is 7.19. The van der Waals surface area contributed by atoms with Gasteiger partial charge in [-0.2, -0.15) is 0 Å². The molecule has 0 fully saturated rings. The van der Waals surface area contributed by atoms with Crippen molar-refractivity contribution in [3.05, 3.63) is 15.7 Å². The van der Waals surface area contributed by atoms with E-state index in [-0.39, 0.29) is 0 Å². The number of aryl methyl sites for hydroxylation is 2. The van der Waals surface area contributed by atoms with Crippen molar-refractivity contribution in [1.29, 1.82) is 0 Å². The first-order chi connectivity index (χ1) is 8.79. The van der Waals surface area contributed by atoms with Crippen LogP contribution in [-0.4, -0.2) is 16.5 Å². The number of thiophene rings is 1. The number of anilines is 1. The van der Waals surface area contributed by atoms with Gasteiger partial charge in [-0.3, -0.25) is 0 Å². The molecule has 0 saturated carbocycles. The second kappa shape index (κ2) is 5.02. The Hall–Kier alpha value is -0.870. The van der Waals surface area contributed by atoms with E-state index < -0.39 is 0 Å². The molecule has 1 N–H and O–H groups in total. The third kappa shape index (κ3) is 2.08. The van der Waals surface area contributed by atoms with Crippen molar-refractivity contribution in [2.45, 2.75) is 39.0 Å². The van der Waals surface area contributed by atoms with Crippen molar-refractivity contribution in [3.8, 4) is 0 Å². The van der Waals surface area contributed by atoms with E-state index in [9.17, 15) is 0 Å². The standard InChI is InChI=1S/C13H16ClN3S/c1-2-3-7-15-11-10-8-5-4-6-9(8)18-12(10)17-13(14)16-11/h2-7H2,1H3,(H,15,16,17). The van der Waals surface area contributed by atoms with Gasteiger partial charge in [0.15, 0.2) is 0 Å². The number of hydrogen-bond donors (Lipinski definition) is 1. The van der Waals surface area contributed by atoms with Gasteiger partial charge in [-0.15, -0.1) is 11.3 Å². The van der Waals surface area contributed by atoms with E-state index in [1.165, 1.54) is 35.1 Å². The van der Waals surface area contributed by atoms with Gasteiger partial charge in [-0.1, -0.05) is 13.3 Å². The molecule has 18 heavy (non-hydrogen) atoms. The lowest BCUT2D eigenvalue weighted by Gasteiger charge is -2.07. The first-order valence-electron chi connectivity index (χ1n) is 6.51. The molecule has 0 aliphatic heterocycles. The van der Waals surface area contributed by atoms with Crippen molar-refractivity contribution in [2.75, 3.05) is 11.9 Å². The monoisotopic (exact) mass is 281 g/mol. The summed E-state index contributed by atoms with van der Waals surface area (Å²) in [6, 6.07) is 0. The van der Waals surface area contributed by atoms with Crippen LogP contribution in [0.25, 0.3) is 10.2 Å². The number of hydrogen-bond acceptors (Lipinski definition) is 4. The van der Waals surface area contributed by atoms with Gasteiger partial charge >= 0.3 is 0 Å². The fourth-order valence-electron chi connectivity index (χ4n) is 2.48. The number of unbranched alkanes of at least 4 members (excludes halogenated alkanes) is 1. The van der Waals surface area contributed by atoms with E-state index in [0.29, 0.717) is 5.28 Å². The molecule has 0 atom stereocenters. The molecule has 3 rings (SSSR count). The van der Waals surface area contributed by atoms with Crippen LogP contribution in [0.5, 0.6) is 0 Å². The highest BCUT2D eigenvalue weighted by Crippen LogP contribution is 2.39. The Bertz CT molecular complexity index is 579. The molecule has 0 aromatic carbocycles. The third-order valence-corrected chi connectivity index (χ3v) is 4.71. The molecule has 0 bridgehead atoms. The zero-order valence-corrected chi connectivity index (χ0v) is 12.0. The average molecular weight is 282 g/mol. The summed E-state index contributed by atoms with van der Waals surface area (Å²) in [7, 11) is 0. The molecule has 96 valence electrons. The van der Waals surface area contributed by atoms with Gasteiger partial charge in [0.25, 0.3) is 0 Å². The highest BCUT2D eigenvalue weighted by atomic mass is 35.5. The SMILES string of the molecule is CCCCNc1nc(Cl)nc2sc3c(c12)CCC3. The maximum Gasteiger partial charge on any atom is 0.225 e. The fourth-order valence-corrected chi connectivity index (χ4v) is 3.96. The van der Waals surface area contributed by atoms with Gasteiger partial charge in [0, 0.05) is 11.4 Å². The quantitative estimate of drug-likeness (QED) is 0.679. The summed E-state index contributed by atoms with van der Waals surface area (Å²) in [5.41, 5.74) is 1.45. The largest absolute Gasteiger partial charge is 0.369 e. The van der Waals surface area contributed by atoms with Gasteiger partial charge < -0.3 is 5.32 Å². The summed E-state index contributed by atoms with van der Waals surface area (Å²) in [6.45, 7) is 3.13. The number of halogens is 1. The highest BCUT2D eigenvalue weighted by Gasteiger charge is 2.21. The number of fused-ring (bicyclic) bond motifs is 3. The summed E-state index contributed by atoms with van der Waals surface area (Å²) in [5, 5.41) is 4.98. The number of rotatable bonds is 4. The molecule has 2 aromatic rings. The number of nitrogens with zero attached hydrogens (tertiary/aromatic N) is 2. The van der Waals surface area contributed by atoms with E-state index >= 15 is 0 Å². The van der Waals surface area contributed by atoms with Gasteiger partial charge in [0.2, 0.25) is 5.28 Å². The summed E-state index contributed by atoms with van der Waals surface area (Å²) in [6.07, 6.45) is 5.92. The van der Waals surface area contributed by atoms with Crippen molar-refractivity contribution >= 4 is 39.0 Å². The van der Waals surface area contributed by atoms with Gasteiger partial charge in [0.1, 0.15) is 10.6 Å². The summed E-state index contributed by atoms with van der Waals surface area (Å²) >= 11 is 7.78. The van der Waals surface area contributed by atoms with Crippen LogP contribution in [0, 0.1) is 0 Å². The Balaban J connectivity index is 2.05. The second-order valence-corrected chi connectivity index (χ2v) is 6.08. The van der Waals surface area contributed by atoms with Crippen LogP contribution >= 0.6 is 22.9 Å². The van der Waals surface area contributed by atoms with Gasteiger partial charge in [-0.25, -0.2) is 9.97 Å². The Morgan fingerprint density at radius 1 is 1.33 bits per heavy atom. The Kier molecular flexibility index (Phi) is 3.39. The summed E-state index contributed by atoms with van der Waals surface area (Å²) in [4.78, 5) is 11.2. The molecule has 1 aliphatic rings. The molecular formula is C13H16ClN3S. The average Bonchev–Trinajstić information content (AvgIpc) is 2.88. The van der Waals surface area contributed by atoms with Crippen LogP contribution in [-0.2, 0) is 12.8 Å². The topological polar surface area (TPSA) is 37.8 Å². The molecular weight excluding hydrogens is 266 g/mol. The van der Waals surface area contributed by atoms with Crippen LogP contribution in [0.2, 0.25) is 5.28 Å². The molecule has 0 amide bonds. The Morgan fingerprint density at radius 2 is 2.22 bits per heavy atom. The van der Waals surface area contributed by atoms with E-state index in [1.807, 2.05) is 0 Å². The van der Waals surface area contributed by atoms with Gasteiger partial charge in [-0.05, 0) is 42.8 Å². The van der Waals surface area contributed by atoms with Crippen LogP contribution in [0.15, 0.2) is 0 Å². The minimum Gasteiger partial charge on any atom is -0.369 e. The molecule has 3 nitrogen and oxygen atoms in total. The zero-order valence-electron chi connectivity index (χ0n) is 10.4. The van der Waals surface area contributed by atoms with E-state index in [1.54, 1.807) is 11.3 Å². The minimum absolute atomic E-state index is 0.349. The van der Waals surface area contributed by atoms with Gasteiger partial charge in [0.05, 0.1) is 5.39 Å². The normalized spacial score (nSPS) is 14.1. The third-order valence-electron chi connectivity index (χ3n) is 3.36. The lowest BCUT2D eigenvalue weighted by atomic mass is 10.2. The first-order valence-corrected chi connectivity index (χ1v) is 7.70. The molecule has 2 heterocycles. The van der Waals surface area contributed by atoms with Crippen LogP contribution in [0.4, 0.5) is 5.82 Å². The van der Waals surface area contributed by atoms with Crippen molar-refractivity contribution < 1.29 is 0 Å². The summed E-state index contributed by atoms with van der Waals surface area (Å²) in [5.74, 6) is 0.929. The second-order valence-electron chi connectivity index (χ2n) is 4.66. The molecule has 1 aliphatic carbocycles. The lowest BCUT2D eigenvalue weighted by molar-refractivity contribution is 0.831. The van der Waals surface area contributed by atoms with Crippen LogP contribution in [0.1, 0.15) is 36.6 Å². The Labute approximate surface area is 116 Å². The molecule has 5 heteroatoms. The van der Waals surface area contributed by atoms with Crippen molar-refractivity contribution in [3.63, 3.8) is 0 Å². The fraction of sp³-hybridized carbons (Fsp3) is 0.538. The predicted molar refractivity (Wildman–Crippen MR) is 77.8 cm³/mol. The number of nitrogens with one attached hydrogen (secondary N) is 1. The van der Waals surface area contributed by atoms with E-state index in [0.717, 1.165) is 30.0 Å². The zero-order chi connectivity index (χ0) is 12.5. The maximum absolute atomic E-state index is 6.00. The van der Waals surface area contributed by atoms with Crippen LogP contribution < -0.4 is 5.32 Å².